The molecular formula is C16H15ClFNO5S. The van der Waals surface area contributed by atoms with Gasteiger partial charge in [0, 0.05) is 5.02 Å². The number of rotatable bonds is 6. The van der Waals surface area contributed by atoms with Crippen LogP contribution in [0.25, 0.3) is 0 Å². The molecule has 2 rings (SSSR count). The summed E-state index contributed by atoms with van der Waals surface area (Å²) in [7, 11) is -3.07. The normalized spacial score (nSPS) is 11.2. The molecule has 9 heteroatoms. The van der Waals surface area contributed by atoms with Gasteiger partial charge in [-0.3, -0.25) is 9.10 Å². The van der Waals surface area contributed by atoms with Crippen LogP contribution in [0.5, 0.6) is 5.75 Å². The zero-order valence-corrected chi connectivity index (χ0v) is 14.9. The number of ether oxygens (including phenoxy) is 1. The van der Waals surface area contributed by atoms with Crippen molar-refractivity contribution in [1.82, 2.24) is 0 Å². The number of benzene rings is 2. The van der Waals surface area contributed by atoms with Gasteiger partial charge in [0.2, 0.25) is 0 Å². The van der Waals surface area contributed by atoms with Gasteiger partial charge in [0.15, 0.2) is 11.6 Å². The minimum atomic E-state index is -4.32. The number of carbonyl (C=O) groups is 1. The maximum atomic E-state index is 13.9. The summed E-state index contributed by atoms with van der Waals surface area (Å²) >= 11 is 5.87. The SMILES string of the molecule is COc1ccc(S(=O)(=O)N(CC(=O)O)c2ccc(Cl)cc2C)cc1F. The first kappa shape index (κ1) is 19.0. The smallest absolute Gasteiger partial charge is 0.324 e. The molecule has 0 atom stereocenters. The molecule has 0 saturated carbocycles. The van der Waals surface area contributed by atoms with Crippen LogP contribution in [-0.4, -0.2) is 33.1 Å². The van der Waals surface area contributed by atoms with E-state index in [0.717, 1.165) is 18.2 Å². The lowest BCUT2D eigenvalue weighted by atomic mass is 10.2. The maximum Gasteiger partial charge on any atom is 0.324 e. The highest BCUT2D eigenvalue weighted by molar-refractivity contribution is 7.92. The molecule has 0 saturated heterocycles. The number of carboxylic acids is 1. The molecule has 2 aromatic carbocycles. The average Bonchev–Trinajstić information content (AvgIpc) is 2.52. The fourth-order valence-electron chi connectivity index (χ4n) is 2.26. The highest BCUT2D eigenvalue weighted by Gasteiger charge is 2.29. The van der Waals surface area contributed by atoms with Crippen molar-refractivity contribution >= 4 is 33.3 Å². The van der Waals surface area contributed by atoms with Crippen molar-refractivity contribution in [3.05, 3.63) is 52.8 Å². The summed E-state index contributed by atoms with van der Waals surface area (Å²) in [4.78, 5) is 10.8. The van der Waals surface area contributed by atoms with Gasteiger partial charge < -0.3 is 9.84 Å². The Balaban J connectivity index is 2.60. The molecule has 0 heterocycles. The topological polar surface area (TPSA) is 83.9 Å². The molecule has 0 aliphatic carbocycles. The Bertz CT molecular complexity index is 917. The Hall–Kier alpha value is -2.32. The first-order chi connectivity index (χ1) is 11.7. The minimum absolute atomic E-state index is 0.119. The molecule has 0 aliphatic rings. The van der Waals surface area contributed by atoms with E-state index in [2.05, 4.69) is 0 Å². The number of aliphatic carboxylic acids is 1. The van der Waals surface area contributed by atoms with E-state index < -0.39 is 28.4 Å². The molecule has 6 nitrogen and oxygen atoms in total. The Morgan fingerprint density at radius 3 is 2.48 bits per heavy atom. The highest BCUT2D eigenvalue weighted by atomic mass is 35.5. The van der Waals surface area contributed by atoms with Gasteiger partial charge >= 0.3 is 5.97 Å². The fraction of sp³-hybridized carbons (Fsp3) is 0.188. The van der Waals surface area contributed by atoms with E-state index in [1.165, 1.54) is 25.3 Å². The van der Waals surface area contributed by atoms with Crippen LogP contribution in [-0.2, 0) is 14.8 Å². The molecule has 134 valence electrons. The molecule has 0 bridgehead atoms. The van der Waals surface area contributed by atoms with E-state index in [1.807, 2.05) is 0 Å². The molecule has 0 fully saturated rings. The first-order valence-corrected chi connectivity index (χ1v) is 8.83. The van der Waals surface area contributed by atoms with Crippen molar-refractivity contribution in [2.45, 2.75) is 11.8 Å². The highest BCUT2D eigenvalue weighted by Crippen LogP contribution is 2.30. The largest absolute Gasteiger partial charge is 0.494 e. The standard InChI is InChI=1S/C16H15ClFNO5S/c1-10-7-11(17)3-5-14(10)19(9-16(20)21)25(22,23)12-4-6-15(24-2)13(18)8-12/h3-8H,9H2,1-2H3,(H,20,21). The molecule has 25 heavy (non-hydrogen) atoms. The van der Waals surface area contributed by atoms with Gasteiger partial charge in [0.05, 0.1) is 17.7 Å². The Kier molecular flexibility index (Phi) is 5.54. The van der Waals surface area contributed by atoms with Gasteiger partial charge in [-0.15, -0.1) is 0 Å². The van der Waals surface area contributed by atoms with Crippen molar-refractivity contribution in [2.75, 3.05) is 18.0 Å². The van der Waals surface area contributed by atoms with E-state index in [9.17, 15) is 17.6 Å². The fourth-order valence-corrected chi connectivity index (χ4v) is 3.97. The Labute approximate surface area is 149 Å². The summed E-state index contributed by atoms with van der Waals surface area (Å²) in [6, 6.07) is 7.46. The minimum Gasteiger partial charge on any atom is -0.494 e. The number of halogens is 2. The molecule has 0 amide bonds. The van der Waals surface area contributed by atoms with Crippen LogP contribution in [0.4, 0.5) is 10.1 Å². The van der Waals surface area contributed by atoms with Crippen LogP contribution < -0.4 is 9.04 Å². The molecule has 0 spiro atoms. The van der Waals surface area contributed by atoms with Crippen LogP contribution >= 0.6 is 11.6 Å². The number of sulfonamides is 1. The monoisotopic (exact) mass is 387 g/mol. The third kappa shape index (κ3) is 4.02. The molecule has 0 radical (unpaired) electrons. The van der Waals surface area contributed by atoms with Crippen molar-refractivity contribution < 1.29 is 27.4 Å². The number of hydrogen-bond donors (Lipinski definition) is 1. The molecule has 0 aromatic heterocycles. The van der Waals surface area contributed by atoms with Crippen LogP contribution in [0, 0.1) is 12.7 Å². The summed E-state index contributed by atoms with van der Waals surface area (Å²) in [6.45, 7) is 0.776. The zero-order valence-electron chi connectivity index (χ0n) is 13.4. The lowest BCUT2D eigenvalue weighted by molar-refractivity contribution is -0.135. The van der Waals surface area contributed by atoms with Gasteiger partial charge in [-0.1, -0.05) is 11.6 Å². The van der Waals surface area contributed by atoms with E-state index in [-0.39, 0.29) is 16.3 Å². The lowest BCUT2D eigenvalue weighted by Crippen LogP contribution is -2.36. The Morgan fingerprint density at radius 1 is 1.28 bits per heavy atom. The van der Waals surface area contributed by atoms with Gasteiger partial charge in [0.1, 0.15) is 6.54 Å². The molecular weight excluding hydrogens is 373 g/mol. The van der Waals surface area contributed by atoms with E-state index in [4.69, 9.17) is 21.4 Å². The molecule has 1 N–H and O–H groups in total. The van der Waals surface area contributed by atoms with Gasteiger partial charge in [-0.05, 0) is 48.9 Å². The predicted molar refractivity (Wildman–Crippen MR) is 91.3 cm³/mol. The quantitative estimate of drug-likeness (QED) is 0.823. The maximum absolute atomic E-state index is 13.9. The average molecular weight is 388 g/mol. The second-order valence-electron chi connectivity index (χ2n) is 5.13. The number of aryl methyl sites for hydroxylation is 1. The van der Waals surface area contributed by atoms with Crippen LogP contribution in [0.1, 0.15) is 5.56 Å². The van der Waals surface area contributed by atoms with Crippen LogP contribution in [0.2, 0.25) is 5.02 Å². The van der Waals surface area contributed by atoms with E-state index in [1.54, 1.807) is 6.92 Å². The van der Waals surface area contributed by atoms with Crippen molar-refractivity contribution in [1.29, 1.82) is 0 Å². The van der Waals surface area contributed by atoms with E-state index >= 15 is 0 Å². The van der Waals surface area contributed by atoms with Crippen LogP contribution in [0.3, 0.4) is 0 Å². The molecule has 0 unspecified atom stereocenters. The Morgan fingerprint density at radius 2 is 1.96 bits per heavy atom. The summed E-state index contributed by atoms with van der Waals surface area (Å²) in [5, 5.41) is 9.49. The van der Waals surface area contributed by atoms with Crippen molar-refractivity contribution in [3.63, 3.8) is 0 Å². The molecule has 2 aromatic rings. The number of methoxy groups -OCH3 is 1. The summed E-state index contributed by atoms with van der Waals surface area (Å²) < 4.78 is 45.1. The number of anilines is 1. The number of nitrogens with zero attached hydrogens (tertiary/aromatic N) is 1. The third-order valence-electron chi connectivity index (χ3n) is 3.42. The van der Waals surface area contributed by atoms with Crippen molar-refractivity contribution in [2.24, 2.45) is 0 Å². The van der Waals surface area contributed by atoms with Crippen LogP contribution in [0.15, 0.2) is 41.3 Å². The molecule has 0 aliphatic heterocycles. The first-order valence-electron chi connectivity index (χ1n) is 7.01. The van der Waals surface area contributed by atoms with E-state index in [0.29, 0.717) is 14.9 Å². The predicted octanol–water partition coefficient (Wildman–Crippen LogP) is 3.08. The second kappa shape index (κ2) is 7.28. The lowest BCUT2D eigenvalue weighted by Gasteiger charge is -2.24. The summed E-state index contributed by atoms with van der Waals surface area (Å²) in [6.07, 6.45) is 0. The van der Waals surface area contributed by atoms with Crippen molar-refractivity contribution in [3.8, 4) is 5.75 Å². The van der Waals surface area contributed by atoms with Gasteiger partial charge in [0.25, 0.3) is 10.0 Å². The third-order valence-corrected chi connectivity index (χ3v) is 5.41. The summed E-state index contributed by atoms with van der Waals surface area (Å²) in [5.41, 5.74) is 0.606. The number of carboxylic acid groups (broad SMARTS) is 1. The number of hydrogen-bond acceptors (Lipinski definition) is 4. The second-order valence-corrected chi connectivity index (χ2v) is 7.43. The zero-order chi connectivity index (χ0) is 18.8. The summed E-state index contributed by atoms with van der Waals surface area (Å²) in [5.74, 6) is -2.34. The van der Waals surface area contributed by atoms with Gasteiger partial charge in [-0.2, -0.15) is 0 Å². The van der Waals surface area contributed by atoms with Gasteiger partial charge in [-0.25, -0.2) is 12.8 Å².